The van der Waals surface area contributed by atoms with Crippen molar-refractivity contribution in [3.05, 3.63) is 23.8 Å². The van der Waals surface area contributed by atoms with Gasteiger partial charge >= 0.3 is 0 Å². The van der Waals surface area contributed by atoms with Crippen LogP contribution in [0.3, 0.4) is 0 Å². The zero-order chi connectivity index (χ0) is 11.5. The second-order valence-corrected chi connectivity index (χ2v) is 4.53. The lowest BCUT2D eigenvalue weighted by atomic mass is 10.1. The Labute approximate surface area is 102 Å². The van der Waals surface area contributed by atoms with Gasteiger partial charge in [-0.2, -0.15) is 0 Å². The van der Waals surface area contributed by atoms with E-state index in [0.29, 0.717) is 6.79 Å². The predicted octanol–water partition coefficient (Wildman–Crippen LogP) is 0.863. The first-order chi connectivity index (χ1) is 8.42. The molecule has 4 nitrogen and oxygen atoms in total. The maximum Gasteiger partial charge on any atom is 0.231 e. The summed E-state index contributed by atoms with van der Waals surface area (Å²) in [6, 6.07) is 6.25. The van der Waals surface area contributed by atoms with Crippen LogP contribution in [0, 0.1) is 0 Å². The highest BCUT2D eigenvalue weighted by atomic mass is 16.7. The molecule has 92 valence electrons. The molecule has 2 heterocycles. The Morgan fingerprint density at radius 3 is 2.82 bits per heavy atom. The SMILES string of the molecule is c1cc2c(cc1CCN1CCNCC1)OCO2. The molecule has 1 fully saturated rings. The molecule has 0 atom stereocenters. The van der Waals surface area contributed by atoms with E-state index < -0.39 is 0 Å². The molecule has 1 N–H and O–H groups in total. The molecule has 3 rings (SSSR count). The average molecular weight is 234 g/mol. The van der Waals surface area contributed by atoms with Crippen LogP contribution >= 0.6 is 0 Å². The van der Waals surface area contributed by atoms with E-state index in [0.717, 1.165) is 50.6 Å². The Kier molecular flexibility index (Phi) is 3.16. The summed E-state index contributed by atoms with van der Waals surface area (Å²) in [7, 11) is 0. The molecule has 2 aliphatic heterocycles. The number of nitrogens with one attached hydrogen (secondary N) is 1. The minimum atomic E-state index is 0.358. The quantitative estimate of drug-likeness (QED) is 0.841. The fourth-order valence-electron chi connectivity index (χ4n) is 2.32. The van der Waals surface area contributed by atoms with Crippen LogP contribution in [-0.2, 0) is 6.42 Å². The molecule has 0 radical (unpaired) electrons. The third-order valence-corrected chi connectivity index (χ3v) is 3.36. The predicted molar refractivity (Wildman–Crippen MR) is 65.6 cm³/mol. The maximum absolute atomic E-state index is 5.39. The molecule has 0 spiro atoms. The molecule has 2 aliphatic rings. The smallest absolute Gasteiger partial charge is 0.231 e. The van der Waals surface area contributed by atoms with E-state index in [1.165, 1.54) is 5.56 Å². The van der Waals surface area contributed by atoms with Crippen LogP contribution in [0.1, 0.15) is 5.56 Å². The molecule has 0 aliphatic carbocycles. The lowest BCUT2D eigenvalue weighted by Crippen LogP contribution is -2.44. The molecule has 4 heteroatoms. The largest absolute Gasteiger partial charge is 0.454 e. The summed E-state index contributed by atoms with van der Waals surface area (Å²) < 4.78 is 10.7. The number of fused-ring (bicyclic) bond motifs is 1. The van der Waals surface area contributed by atoms with Crippen molar-refractivity contribution in [2.24, 2.45) is 0 Å². The van der Waals surface area contributed by atoms with Crippen LogP contribution in [0.25, 0.3) is 0 Å². The molecule has 1 aromatic carbocycles. The summed E-state index contributed by atoms with van der Waals surface area (Å²) in [4.78, 5) is 2.50. The zero-order valence-corrected chi connectivity index (χ0v) is 9.95. The number of piperazine rings is 1. The van der Waals surface area contributed by atoms with Gasteiger partial charge < -0.3 is 19.7 Å². The summed E-state index contributed by atoms with van der Waals surface area (Å²) in [6.07, 6.45) is 1.08. The molecular formula is C13H18N2O2. The van der Waals surface area contributed by atoms with Gasteiger partial charge in [0.2, 0.25) is 6.79 Å². The molecule has 17 heavy (non-hydrogen) atoms. The Balaban J connectivity index is 1.57. The van der Waals surface area contributed by atoms with Crippen LogP contribution in [-0.4, -0.2) is 44.4 Å². The van der Waals surface area contributed by atoms with E-state index in [1.54, 1.807) is 0 Å². The number of nitrogens with zero attached hydrogens (tertiary/aromatic N) is 1. The Morgan fingerprint density at radius 2 is 1.94 bits per heavy atom. The minimum absolute atomic E-state index is 0.358. The average Bonchev–Trinajstić information content (AvgIpc) is 2.85. The standard InChI is InChI=1S/C13H18N2O2/c1-2-12-13(17-10-16-12)9-11(1)3-6-15-7-4-14-5-8-15/h1-2,9,14H,3-8,10H2. The first-order valence-electron chi connectivity index (χ1n) is 6.23. The van der Waals surface area contributed by atoms with Crippen LogP contribution < -0.4 is 14.8 Å². The van der Waals surface area contributed by atoms with Crippen molar-refractivity contribution in [1.29, 1.82) is 0 Å². The van der Waals surface area contributed by atoms with Gasteiger partial charge in [0.25, 0.3) is 0 Å². The van der Waals surface area contributed by atoms with Gasteiger partial charge in [-0.25, -0.2) is 0 Å². The van der Waals surface area contributed by atoms with E-state index in [2.05, 4.69) is 22.3 Å². The second-order valence-electron chi connectivity index (χ2n) is 4.53. The number of rotatable bonds is 3. The van der Waals surface area contributed by atoms with Crippen LogP contribution in [0.5, 0.6) is 11.5 Å². The van der Waals surface area contributed by atoms with Crippen molar-refractivity contribution < 1.29 is 9.47 Å². The van der Waals surface area contributed by atoms with Gasteiger partial charge in [0, 0.05) is 32.7 Å². The Bertz CT molecular complexity index is 389. The van der Waals surface area contributed by atoms with Gasteiger partial charge in [-0.15, -0.1) is 0 Å². The molecule has 0 amide bonds. The third-order valence-electron chi connectivity index (χ3n) is 3.36. The van der Waals surface area contributed by atoms with Crippen molar-refractivity contribution in [3.8, 4) is 11.5 Å². The van der Waals surface area contributed by atoms with E-state index in [1.807, 2.05) is 6.07 Å². The van der Waals surface area contributed by atoms with Crippen molar-refractivity contribution >= 4 is 0 Å². The van der Waals surface area contributed by atoms with E-state index in [-0.39, 0.29) is 0 Å². The Hall–Kier alpha value is -1.26. The monoisotopic (exact) mass is 234 g/mol. The van der Waals surface area contributed by atoms with Gasteiger partial charge in [0.1, 0.15) is 0 Å². The zero-order valence-electron chi connectivity index (χ0n) is 9.95. The normalized spacial score (nSPS) is 19.5. The fourth-order valence-corrected chi connectivity index (χ4v) is 2.32. The first kappa shape index (κ1) is 10.9. The third kappa shape index (κ3) is 2.53. The number of ether oxygens (including phenoxy) is 2. The van der Waals surface area contributed by atoms with Crippen molar-refractivity contribution in [1.82, 2.24) is 10.2 Å². The lowest BCUT2D eigenvalue weighted by molar-refractivity contribution is 0.174. The lowest BCUT2D eigenvalue weighted by Gasteiger charge is -2.27. The van der Waals surface area contributed by atoms with Crippen LogP contribution in [0.15, 0.2) is 18.2 Å². The summed E-state index contributed by atoms with van der Waals surface area (Å²) >= 11 is 0. The summed E-state index contributed by atoms with van der Waals surface area (Å²) in [6.45, 7) is 6.02. The highest BCUT2D eigenvalue weighted by Crippen LogP contribution is 2.32. The summed E-state index contributed by atoms with van der Waals surface area (Å²) in [5.41, 5.74) is 1.33. The summed E-state index contributed by atoms with van der Waals surface area (Å²) in [5, 5.41) is 3.37. The van der Waals surface area contributed by atoms with E-state index in [4.69, 9.17) is 9.47 Å². The highest BCUT2D eigenvalue weighted by molar-refractivity contribution is 5.44. The molecule has 0 aromatic heterocycles. The van der Waals surface area contributed by atoms with E-state index >= 15 is 0 Å². The van der Waals surface area contributed by atoms with E-state index in [9.17, 15) is 0 Å². The maximum atomic E-state index is 5.39. The molecular weight excluding hydrogens is 216 g/mol. The second kappa shape index (κ2) is 4.94. The summed E-state index contributed by atoms with van der Waals surface area (Å²) in [5.74, 6) is 1.76. The number of benzene rings is 1. The molecule has 1 aromatic rings. The van der Waals surface area contributed by atoms with Crippen molar-refractivity contribution in [2.45, 2.75) is 6.42 Å². The molecule has 0 saturated carbocycles. The van der Waals surface area contributed by atoms with Gasteiger partial charge in [-0.3, -0.25) is 0 Å². The molecule has 0 unspecified atom stereocenters. The van der Waals surface area contributed by atoms with Gasteiger partial charge in [0.05, 0.1) is 0 Å². The Morgan fingerprint density at radius 1 is 1.12 bits per heavy atom. The number of hydrogen-bond acceptors (Lipinski definition) is 4. The van der Waals surface area contributed by atoms with Crippen molar-refractivity contribution in [2.75, 3.05) is 39.5 Å². The fraction of sp³-hybridized carbons (Fsp3) is 0.538. The van der Waals surface area contributed by atoms with Gasteiger partial charge in [0.15, 0.2) is 11.5 Å². The van der Waals surface area contributed by atoms with Crippen LogP contribution in [0.4, 0.5) is 0 Å². The molecule has 0 bridgehead atoms. The van der Waals surface area contributed by atoms with Gasteiger partial charge in [-0.1, -0.05) is 6.07 Å². The highest BCUT2D eigenvalue weighted by Gasteiger charge is 2.14. The minimum Gasteiger partial charge on any atom is -0.454 e. The first-order valence-corrected chi connectivity index (χ1v) is 6.23. The number of hydrogen-bond donors (Lipinski definition) is 1. The topological polar surface area (TPSA) is 33.7 Å². The van der Waals surface area contributed by atoms with Crippen molar-refractivity contribution in [3.63, 3.8) is 0 Å². The molecule has 1 saturated heterocycles. The van der Waals surface area contributed by atoms with Crippen LogP contribution in [0.2, 0.25) is 0 Å². The van der Waals surface area contributed by atoms with Gasteiger partial charge in [-0.05, 0) is 24.1 Å².